The first-order valence-electron chi connectivity index (χ1n) is 8.34. The van der Waals surface area contributed by atoms with E-state index in [1.165, 1.54) is 5.41 Å². The van der Waals surface area contributed by atoms with Crippen LogP contribution in [0.4, 0.5) is 0 Å². The van der Waals surface area contributed by atoms with Crippen LogP contribution < -0.4 is 0 Å². The molecule has 7 heteroatoms. The van der Waals surface area contributed by atoms with Gasteiger partial charge in [-0.05, 0) is 48.7 Å². The summed E-state index contributed by atoms with van der Waals surface area (Å²) in [4.78, 5) is 4.66. The van der Waals surface area contributed by atoms with E-state index in [1.807, 2.05) is 24.3 Å². The first kappa shape index (κ1) is 17.7. The summed E-state index contributed by atoms with van der Waals surface area (Å²) in [6, 6.07) is 14.8. The van der Waals surface area contributed by atoms with E-state index in [2.05, 4.69) is 4.98 Å². The highest BCUT2D eigenvalue weighted by molar-refractivity contribution is 7.92. The van der Waals surface area contributed by atoms with E-state index >= 15 is 0 Å². The van der Waals surface area contributed by atoms with Gasteiger partial charge in [-0.3, -0.25) is 0 Å². The summed E-state index contributed by atoms with van der Waals surface area (Å²) in [5, 5.41) is 2.77. The number of aromatic nitrogens is 1. The fourth-order valence-electron chi connectivity index (χ4n) is 3.14. The lowest BCUT2D eigenvalue weighted by Gasteiger charge is -2.20. The Morgan fingerprint density at radius 1 is 1.15 bits per heavy atom. The van der Waals surface area contributed by atoms with E-state index in [0.29, 0.717) is 11.6 Å². The fraction of sp³-hybridized carbons (Fsp3) is 0.211. The molecule has 1 atom stereocenters. The minimum absolute atomic E-state index is 0.188. The molecule has 3 aromatic rings. The standard InChI is InChI=1S/C19H17ClN2O2S2/c20-15-9-7-14(8-10-15)11-13-26(23,24)22-12-3-5-17(22)19-21-16-4-1-2-6-18(16)25-19/h1-2,4,6-11,13,17H,3,5,12H2. The maximum atomic E-state index is 12.9. The van der Waals surface area contributed by atoms with E-state index in [0.717, 1.165) is 33.6 Å². The summed E-state index contributed by atoms with van der Waals surface area (Å²) in [5.74, 6) is 0. The number of hydrogen-bond acceptors (Lipinski definition) is 4. The summed E-state index contributed by atoms with van der Waals surface area (Å²) in [7, 11) is -3.52. The minimum atomic E-state index is -3.52. The van der Waals surface area contributed by atoms with Crippen LogP contribution in [-0.4, -0.2) is 24.3 Å². The molecule has 1 unspecified atom stereocenters. The van der Waals surface area contributed by atoms with Crippen molar-refractivity contribution in [1.29, 1.82) is 0 Å². The number of halogens is 1. The van der Waals surface area contributed by atoms with Gasteiger partial charge >= 0.3 is 0 Å². The van der Waals surface area contributed by atoms with Crippen molar-refractivity contribution in [3.05, 3.63) is 69.5 Å². The molecule has 1 aliphatic heterocycles. The average Bonchev–Trinajstić information content (AvgIpc) is 3.28. The van der Waals surface area contributed by atoms with Gasteiger partial charge in [0.25, 0.3) is 0 Å². The monoisotopic (exact) mass is 404 g/mol. The lowest BCUT2D eigenvalue weighted by molar-refractivity contribution is 0.402. The van der Waals surface area contributed by atoms with Crippen LogP contribution in [0.5, 0.6) is 0 Å². The van der Waals surface area contributed by atoms with E-state index in [9.17, 15) is 8.42 Å². The largest absolute Gasteiger partial charge is 0.239 e. The fourth-order valence-corrected chi connectivity index (χ4v) is 5.88. The van der Waals surface area contributed by atoms with Crippen molar-refractivity contribution in [1.82, 2.24) is 9.29 Å². The molecule has 4 nitrogen and oxygen atoms in total. The minimum Gasteiger partial charge on any atom is -0.239 e. The van der Waals surface area contributed by atoms with Crippen LogP contribution in [0, 0.1) is 0 Å². The van der Waals surface area contributed by atoms with Gasteiger partial charge in [-0.2, -0.15) is 4.31 Å². The topological polar surface area (TPSA) is 50.3 Å². The maximum Gasteiger partial charge on any atom is 0.236 e. The Morgan fingerprint density at radius 3 is 2.69 bits per heavy atom. The number of hydrogen-bond donors (Lipinski definition) is 0. The highest BCUT2D eigenvalue weighted by Crippen LogP contribution is 2.38. The Bertz CT molecular complexity index is 1030. The molecule has 0 N–H and O–H groups in total. The summed E-state index contributed by atoms with van der Waals surface area (Å²) in [6.07, 6.45) is 3.25. The summed E-state index contributed by atoms with van der Waals surface area (Å²) in [5.41, 5.74) is 1.72. The summed E-state index contributed by atoms with van der Waals surface area (Å²) < 4.78 is 28.4. The van der Waals surface area contributed by atoms with Crippen LogP contribution in [0.15, 0.2) is 53.9 Å². The lowest BCUT2D eigenvalue weighted by atomic mass is 10.2. The Kier molecular flexibility index (Phi) is 4.84. The zero-order valence-electron chi connectivity index (χ0n) is 13.9. The van der Waals surface area contributed by atoms with Gasteiger partial charge < -0.3 is 0 Å². The van der Waals surface area contributed by atoms with Crippen LogP contribution in [-0.2, 0) is 10.0 Å². The van der Waals surface area contributed by atoms with Crippen molar-refractivity contribution in [3.63, 3.8) is 0 Å². The first-order valence-corrected chi connectivity index (χ1v) is 11.0. The van der Waals surface area contributed by atoms with E-state index in [1.54, 1.807) is 46.0 Å². The second-order valence-corrected chi connectivity index (χ2v) is 9.46. The van der Waals surface area contributed by atoms with E-state index < -0.39 is 10.0 Å². The van der Waals surface area contributed by atoms with Gasteiger partial charge in [-0.1, -0.05) is 35.9 Å². The van der Waals surface area contributed by atoms with Gasteiger partial charge in [0.15, 0.2) is 0 Å². The molecule has 1 saturated heterocycles. The zero-order chi connectivity index (χ0) is 18.1. The smallest absolute Gasteiger partial charge is 0.236 e. The van der Waals surface area contributed by atoms with E-state index in [-0.39, 0.29) is 6.04 Å². The Labute approximate surface area is 161 Å². The molecule has 0 saturated carbocycles. The second kappa shape index (κ2) is 7.12. The van der Waals surface area contributed by atoms with Crippen molar-refractivity contribution in [2.24, 2.45) is 0 Å². The predicted molar refractivity (Wildman–Crippen MR) is 108 cm³/mol. The van der Waals surface area contributed by atoms with Gasteiger partial charge in [0, 0.05) is 17.0 Å². The van der Waals surface area contributed by atoms with Crippen LogP contribution >= 0.6 is 22.9 Å². The molecule has 134 valence electrons. The second-order valence-electron chi connectivity index (χ2n) is 6.19. The number of para-hydroxylation sites is 1. The van der Waals surface area contributed by atoms with Crippen LogP contribution in [0.3, 0.4) is 0 Å². The molecule has 4 rings (SSSR count). The molecule has 2 heterocycles. The Hall–Kier alpha value is -1.73. The van der Waals surface area contributed by atoms with Crippen molar-refractivity contribution >= 4 is 49.3 Å². The molecule has 1 fully saturated rings. The first-order chi connectivity index (χ1) is 12.5. The maximum absolute atomic E-state index is 12.9. The number of nitrogens with zero attached hydrogens (tertiary/aromatic N) is 2. The molecule has 0 aliphatic carbocycles. The van der Waals surface area contributed by atoms with Gasteiger partial charge in [0.1, 0.15) is 5.01 Å². The third-order valence-electron chi connectivity index (χ3n) is 4.43. The van der Waals surface area contributed by atoms with E-state index in [4.69, 9.17) is 11.6 Å². The summed E-state index contributed by atoms with van der Waals surface area (Å²) in [6.45, 7) is 0.522. The van der Waals surface area contributed by atoms with Gasteiger partial charge in [-0.25, -0.2) is 13.4 Å². The molecule has 0 bridgehead atoms. The third kappa shape index (κ3) is 3.55. The Balaban J connectivity index is 1.61. The van der Waals surface area contributed by atoms with Crippen molar-refractivity contribution < 1.29 is 8.42 Å². The molecule has 0 radical (unpaired) electrons. The molecule has 0 amide bonds. The third-order valence-corrected chi connectivity index (χ3v) is 7.39. The normalized spacial score (nSPS) is 18.9. The van der Waals surface area contributed by atoms with Crippen molar-refractivity contribution in [2.45, 2.75) is 18.9 Å². The quantitative estimate of drug-likeness (QED) is 0.608. The average molecular weight is 405 g/mol. The molecular formula is C19H17ClN2O2S2. The van der Waals surface area contributed by atoms with Crippen LogP contribution in [0.2, 0.25) is 5.02 Å². The Morgan fingerprint density at radius 2 is 1.92 bits per heavy atom. The van der Waals surface area contributed by atoms with Gasteiger partial charge in [0.05, 0.1) is 16.3 Å². The lowest BCUT2D eigenvalue weighted by Crippen LogP contribution is -2.28. The zero-order valence-corrected chi connectivity index (χ0v) is 16.3. The van der Waals surface area contributed by atoms with Crippen LogP contribution in [0.25, 0.3) is 16.3 Å². The number of fused-ring (bicyclic) bond motifs is 1. The number of rotatable bonds is 4. The molecule has 1 aromatic heterocycles. The van der Waals surface area contributed by atoms with Gasteiger partial charge in [-0.15, -0.1) is 11.3 Å². The molecule has 2 aromatic carbocycles. The van der Waals surface area contributed by atoms with Crippen molar-refractivity contribution in [3.8, 4) is 0 Å². The highest BCUT2D eigenvalue weighted by atomic mass is 35.5. The predicted octanol–water partition coefficient (Wildman–Crippen LogP) is 5.09. The van der Waals surface area contributed by atoms with Crippen LogP contribution in [0.1, 0.15) is 29.5 Å². The van der Waals surface area contributed by atoms with Gasteiger partial charge in [0.2, 0.25) is 10.0 Å². The number of benzene rings is 2. The number of thiazole rings is 1. The van der Waals surface area contributed by atoms with Crippen molar-refractivity contribution in [2.75, 3.05) is 6.54 Å². The molecular weight excluding hydrogens is 388 g/mol. The molecule has 1 aliphatic rings. The SMILES string of the molecule is O=S(=O)(C=Cc1ccc(Cl)cc1)N1CCCC1c1nc2ccccc2s1. The highest BCUT2D eigenvalue weighted by Gasteiger charge is 2.35. The number of sulfonamides is 1. The molecule has 26 heavy (non-hydrogen) atoms. The molecule has 0 spiro atoms. The summed E-state index contributed by atoms with van der Waals surface area (Å²) >= 11 is 7.44.